The average Bonchev–Trinajstić information content (AvgIpc) is 2.24. The molecule has 0 bridgehead atoms. The molecule has 0 saturated carbocycles. The molecular weight excluding hydrogens is 233 g/mol. The van der Waals surface area contributed by atoms with Gasteiger partial charge >= 0.3 is 14.0 Å². The zero-order valence-corrected chi connectivity index (χ0v) is 9.55. The second-order valence-corrected chi connectivity index (χ2v) is 4.94. The van der Waals surface area contributed by atoms with Crippen LogP contribution >= 0.6 is 7.94 Å². The highest BCUT2D eigenvalue weighted by Crippen LogP contribution is 2.44. The highest BCUT2D eigenvalue weighted by Gasteiger charge is 2.29. The molecule has 0 aliphatic rings. The summed E-state index contributed by atoms with van der Waals surface area (Å²) in [6, 6.07) is 9.07. The van der Waals surface area contributed by atoms with Gasteiger partial charge in [-0.1, -0.05) is 35.0 Å². The lowest BCUT2D eigenvalue weighted by molar-refractivity contribution is 0.0832. The number of hydrogen-bond donors (Lipinski definition) is 3. The van der Waals surface area contributed by atoms with Crippen LogP contribution in [0, 0.1) is 0 Å². The van der Waals surface area contributed by atoms with Crippen molar-refractivity contribution in [2.24, 2.45) is 0 Å². The maximum absolute atomic E-state index is 11.0. The Morgan fingerprint density at radius 3 is 2.56 bits per heavy atom. The fourth-order valence-corrected chi connectivity index (χ4v) is 1.12. The molecule has 0 radical (unpaired) electrons. The largest absolute Gasteiger partial charge is 0.443 e. The maximum atomic E-state index is 11.0. The zero-order valence-electron chi connectivity index (χ0n) is 8.66. The van der Waals surface area contributed by atoms with E-state index in [0.717, 1.165) is 12.2 Å². The van der Waals surface area contributed by atoms with Crippen molar-refractivity contribution in [3.63, 3.8) is 0 Å². The first-order valence-corrected chi connectivity index (χ1v) is 6.50. The predicted octanol–water partition coefficient (Wildman–Crippen LogP) is 1.22. The number of nitrogens with one attached hydrogen (secondary N) is 1. The summed E-state index contributed by atoms with van der Waals surface area (Å²) >= 11 is 0. The van der Waals surface area contributed by atoms with Gasteiger partial charge < -0.3 is 4.74 Å². The molecule has 88 valence electrons. The number of amides is 1. The summed E-state index contributed by atoms with van der Waals surface area (Å²) in [6.07, 6.45) is -0.877. The smallest absolute Gasteiger partial charge is 0.435 e. The van der Waals surface area contributed by atoms with Gasteiger partial charge in [-0.2, -0.15) is 15.3 Å². The van der Waals surface area contributed by atoms with E-state index in [1.807, 2.05) is 18.2 Å². The van der Waals surface area contributed by atoms with Crippen LogP contribution in [0.1, 0.15) is 5.56 Å². The van der Waals surface area contributed by atoms with Crippen LogP contribution in [0.3, 0.4) is 0 Å². The zero-order chi connectivity index (χ0) is 12.0. The summed E-state index contributed by atoms with van der Waals surface area (Å²) in [7, 11) is -3.48. The van der Waals surface area contributed by atoms with Crippen molar-refractivity contribution in [1.29, 1.82) is 0 Å². The van der Waals surface area contributed by atoms with Gasteiger partial charge in [0.2, 0.25) is 0 Å². The molecule has 7 heteroatoms. The highest BCUT2D eigenvalue weighted by molar-refractivity contribution is 7.58. The van der Waals surface area contributed by atoms with Crippen molar-refractivity contribution >= 4 is 14.0 Å². The Kier molecular flexibility index (Phi) is 4.64. The third kappa shape index (κ3) is 5.63. The van der Waals surface area contributed by atoms with Gasteiger partial charge in [0, 0.05) is 0 Å². The first-order chi connectivity index (χ1) is 7.47. The summed E-state index contributed by atoms with van der Waals surface area (Å²) < 4.78 is 9.02. The second kappa shape index (κ2) is 5.77. The van der Waals surface area contributed by atoms with Gasteiger partial charge in [0.25, 0.3) is 0 Å². The standard InChI is InChI=1S/C9H12NO5P/c1-16(12,13)15-10-9(11)14-7-8-5-3-2-4-6-8/h2-6,12-13H,7H2,1H3/p+1. The first kappa shape index (κ1) is 12.9. The summed E-state index contributed by atoms with van der Waals surface area (Å²) in [4.78, 5) is 28.7. The van der Waals surface area contributed by atoms with E-state index in [2.05, 4.69) is 4.62 Å². The SMILES string of the molecule is C[P+](O)(O)ONC(=O)OCc1ccccc1. The van der Waals surface area contributed by atoms with E-state index >= 15 is 0 Å². The van der Waals surface area contributed by atoms with Gasteiger partial charge in [-0.15, -0.1) is 0 Å². The molecule has 0 aliphatic carbocycles. The van der Waals surface area contributed by atoms with Crippen LogP contribution in [-0.4, -0.2) is 22.5 Å². The first-order valence-electron chi connectivity index (χ1n) is 4.45. The minimum atomic E-state index is -3.48. The quantitative estimate of drug-likeness (QED) is 0.549. The van der Waals surface area contributed by atoms with Crippen molar-refractivity contribution in [2.75, 3.05) is 6.66 Å². The van der Waals surface area contributed by atoms with E-state index in [1.54, 1.807) is 17.6 Å². The van der Waals surface area contributed by atoms with E-state index in [0.29, 0.717) is 0 Å². The highest BCUT2D eigenvalue weighted by atomic mass is 31.2. The molecule has 3 N–H and O–H groups in total. The molecule has 0 heterocycles. The van der Waals surface area contributed by atoms with Crippen LogP contribution in [0.4, 0.5) is 4.79 Å². The third-order valence-electron chi connectivity index (χ3n) is 1.51. The number of carbonyl (C=O) groups excluding carboxylic acids is 1. The molecule has 1 aromatic carbocycles. The molecule has 6 nitrogen and oxygen atoms in total. The molecule has 0 fully saturated rings. The van der Waals surface area contributed by atoms with Crippen molar-refractivity contribution in [2.45, 2.75) is 6.61 Å². The Bertz CT molecular complexity index is 338. The topological polar surface area (TPSA) is 88.0 Å². The second-order valence-electron chi connectivity index (χ2n) is 3.09. The lowest BCUT2D eigenvalue weighted by Gasteiger charge is -2.07. The molecule has 0 aromatic heterocycles. The fourth-order valence-electron chi connectivity index (χ4n) is 0.876. The van der Waals surface area contributed by atoms with E-state index in [1.165, 1.54) is 0 Å². The molecule has 1 amide bonds. The van der Waals surface area contributed by atoms with E-state index in [9.17, 15) is 4.79 Å². The lowest BCUT2D eigenvalue weighted by atomic mass is 10.2. The van der Waals surface area contributed by atoms with Crippen molar-refractivity contribution in [3.8, 4) is 0 Å². The molecule has 0 atom stereocenters. The van der Waals surface area contributed by atoms with Gasteiger partial charge in [0.05, 0.1) is 0 Å². The number of rotatable bonds is 4. The Labute approximate surface area is 93.4 Å². The summed E-state index contributed by atoms with van der Waals surface area (Å²) in [6.45, 7) is 1.15. The van der Waals surface area contributed by atoms with Gasteiger partial charge in [-0.25, -0.2) is 4.79 Å². The Hall–Kier alpha value is -1.20. The minimum absolute atomic E-state index is 0.0854. The van der Waals surface area contributed by atoms with Gasteiger partial charge in [0.15, 0.2) is 0 Å². The van der Waals surface area contributed by atoms with Crippen LogP contribution in [0.15, 0.2) is 30.3 Å². The van der Waals surface area contributed by atoms with Crippen molar-refractivity contribution in [3.05, 3.63) is 35.9 Å². The molecule has 1 aromatic rings. The van der Waals surface area contributed by atoms with Crippen LogP contribution < -0.4 is 5.48 Å². The fraction of sp³-hybridized carbons (Fsp3) is 0.222. The third-order valence-corrected chi connectivity index (χ3v) is 1.95. The van der Waals surface area contributed by atoms with Crippen LogP contribution in [-0.2, 0) is 16.0 Å². The van der Waals surface area contributed by atoms with Gasteiger partial charge in [-0.3, -0.25) is 0 Å². The molecule has 0 unspecified atom stereocenters. The number of hydrogen-bond acceptors (Lipinski definition) is 5. The Balaban J connectivity index is 2.26. The van der Waals surface area contributed by atoms with E-state index in [-0.39, 0.29) is 6.61 Å². The molecule has 1 rings (SSSR count). The molecule has 16 heavy (non-hydrogen) atoms. The summed E-state index contributed by atoms with van der Waals surface area (Å²) in [5.74, 6) is 0. The Morgan fingerprint density at radius 2 is 2.00 bits per heavy atom. The number of carbonyl (C=O) groups is 1. The molecular formula is C9H13NO5P+. The van der Waals surface area contributed by atoms with Gasteiger partial charge in [0.1, 0.15) is 13.3 Å². The molecule has 0 aliphatic heterocycles. The minimum Gasteiger partial charge on any atom is -0.443 e. The van der Waals surface area contributed by atoms with Crippen molar-refractivity contribution in [1.82, 2.24) is 5.48 Å². The Morgan fingerprint density at radius 1 is 1.38 bits per heavy atom. The van der Waals surface area contributed by atoms with Crippen LogP contribution in [0.25, 0.3) is 0 Å². The van der Waals surface area contributed by atoms with Gasteiger partial charge in [-0.05, 0) is 5.56 Å². The predicted molar refractivity (Wildman–Crippen MR) is 58.1 cm³/mol. The average molecular weight is 246 g/mol. The number of benzene rings is 1. The van der Waals surface area contributed by atoms with E-state index < -0.39 is 14.0 Å². The maximum Gasteiger partial charge on any atom is 0.435 e. The van der Waals surface area contributed by atoms with Crippen molar-refractivity contribution < 1.29 is 23.9 Å². The molecule has 0 spiro atoms. The van der Waals surface area contributed by atoms with E-state index in [4.69, 9.17) is 14.5 Å². The normalized spacial score (nSPS) is 10.9. The van der Waals surface area contributed by atoms with Crippen LogP contribution in [0.5, 0.6) is 0 Å². The molecule has 0 saturated heterocycles. The monoisotopic (exact) mass is 246 g/mol. The summed E-state index contributed by atoms with van der Waals surface area (Å²) in [5, 5.41) is 0. The summed E-state index contributed by atoms with van der Waals surface area (Å²) in [5.41, 5.74) is 2.60. The van der Waals surface area contributed by atoms with Crippen LogP contribution in [0.2, 0.25) is 0 Å². The number of hydroxylamine groups is 1. The number of ether oxygens (including phenoxy) is 1. The lowest BCUT2D eigenvalue weighted by Crippen LogP contribution is -2.24.